The Morgan fingerprint density at radius 3 is 1.64 bits per heavy atom. The number of rotatable bonds is 2. The van der Waals surface area contributed by atoms with Crippen LogP contribution in [0.3, 0.4) is 0 Å². The molecule has 4 nitrogen and oxygen atoms in total. The molecule has 68 valence electrons. The van der Waals surface area contributed by atoms with Crippen LogP contribution in [0.15, 0.2) is 0 Å². The molecule has 0 spiro atoms. The highest BCUT2D eigenvalue weighted by atomic mass is 35.5. The SMILES string of the molecule is CC(C)(O)C(C)(N)C(=O)O.Cl. The van der Waals surface area contributed by atoms with Gasteiger partial charge in [0.1, 0.15) is 5.54 Å². The van der Waals surface area contributed by atoms with Gasteiger partial charge in [-0.15, -0.1) is 12.4 Å². The quantitative estimate of drug-likeness (QED) is 0.562. The zero-order chi connectivity index (χ0) is 8.58. The van der Waals surface area contributed by atoms with E-state index in [1.54, 1.807) is 0 Å². The second-order valence-electron chi connectivity index (χ2n) is 3.07. The van der Waals surface area contributed by atoms with Gasteiger partial charge in [0.25, 0.3) is 0 Å². The summed E-state index contributed by atoms with van der Waals surface area (Å²) in [6.45, 7) is 4.00. The van der Waals surface area contributed by atoms with Gasteiger partial charge in [-0.1, -0.05) is 0 Å². The average Bonchev–Trinajstić information content (AvgIpc) is 1.62. The number of carboxylic acids is 1. The van der Waals surface area contributed by atoms with Gasteiger partial charge in [-0.25, -0.2) is 0 Å². The van der Waals surface area contributed by atoms with E-state index in [4.69, 9.17) is 10.8 Å². The molecule has 0 rings (SSSR count). The van der Waals surface area contributed by atoms with Crippen molar-refractivity contribution in [1.82, 2.24) is 0 Å². The predicted molar refractivity (Wildman–Crippen MR) is 43.8 cm³/mol. The molecule has 0 aromatic carbocycles. The van der Waals surface area contributed by atoms with Crippen molar-refractivity contribution in [2.75, 3.05) is 0 Å². The largest absolute Gasteiger partial charge is 0.480 e. The minimum Gasteiger partial charge on any atom is -0.480 e. The third kappa shape index (κ3) is 2.65. The van der Waals surface area contributed by atoms with Crippen LogP contribution in [-0.4, -0.2) is 27.3 Å². The summed E-state index contributed by atoms with van der Waals surface area (Å²) in [6.07, 6.45) is 0. The van der Waals surface area contributed by atoms with Crippen LogP contribution in [0.1, 0.15) is 20.8 Å². The summed E-state index contributed by atoms with van der Waals surface area (Å²) in [7, 11) is 0. The Bertz CT molecular complexity index is 150. The zero-order valence-electron chi connectivity index (χ0n) is 6.79. The Hall–Kier alpha value is -0.320. The van der Waals surface area contributed by atoms with E-state index in [9.17, 15) is 9.90 Å². The summed E-state index contributed by atoms with van der Waals surface area (Å²) in [5.74, 6) is -1.21. The van der Waals surface area contributed by atoms with E-state index < -0.39 is 17.1 Å². The predicted octanol–water partition coefficient (Wildman–Crippen LogP) is -0.0189. The lowest BCUT2D eigenvalue weighted by Gasteiger charge is -2.32. The molecular weight excluding hydrogens is 170 g/mol. The summed E-state index contributed by atoms with van der Waals surface area (Å²) in [5.41, 5.74) is 2.29. The monoisotopic (exact) mass is 183 g/mol. The Morgan fingerprint density at radius 1 is 1.36 bits per heavy atom. The molecule has 0 heterocycles. The van der Waals surface area contributed by atoms with E-state index in [0.29, 0.717) is 0 Å². The van der Waals surface area contributed by atoms with Crippen molar-refractivity contribution in [3.8, 4) is 0 Å². The first kappa shape index (κ1) is 13.3. The fourth-order valence-corrected chi connectivity index (χ4v) is 0.262. The Labute approximate surface area is 71.8 Å². The summed E-state index contributed by atoms with van der Waals surface area (Å²) in [6, 6.07) is 0. The maximum Gasteiger partial charge on any atom is 0.326 e. The first-order chi connectivity index (χ1) is 4.19. The molecule has 0 amide bonds. The van der Waals surface area contributed by atoms with Crippen molar-refractivity contribution in [3.63, 3.8) is 0 Å². The minimum absolute atomic E-state index is 0. The maximum atomic E-state index is 10.4. The Kier molecular flexibility index (Phi) is 4.09. The highest BCUT2D eigenvalue weighted by Gasteiger charge is 2.42. The van der Waals surface area contributed by atoms with Crippen molar-refractivity contribution in [2.45, 2.75) is 31.9 Å². The third-order valence-corrected chi connectivity index (χ3v) is 1.72. The van der Waals surface area contributed by atoms with Gasteiger partial charge in [-0.2, -0.15) is 0 Å². The molecule has 0 aromatic heterocycles. The Morgan fingerprint density at radius 2 is 1.64 bits per heavy atom. The molecule has 0 aliphatic rings. The van der Waals surface area contributed by atoms with E-state index in [2.05, 4.69) is 0 Å². The number of halogens is 1. The summed E-state index contributed by atoms with van der Waals surface area (Å²) >= 11 is 0. The fourth-order valence-electron chi connectivity index (χ4n) is 0.262. The van der Waals surface area contributed by atoms with Crippen LogP contribution in [0, 0.1) is 0 Å². The van der Waals surface area contributed by atoms with Crippen LogP contribution in [0.4, 0.5) is 0 Å². The second kappa shape index (κ2) is 3.38. The van der Waals surface area contributed by atoms with Crippen LogP contribution in [0.2, 0.25) is 0 Å². The molecule has 0 radical (unpaired) electrons. The van der Waals surface area contributed by atoms with Crippen molar-refractivity contribution < 1.29 is 15.0 Å². The summed E-state index contributed by atoms with van der Waals surface area (Å²) in [4.78, 5) is 10.4. The normalized spacial score (nSPS) is 16.5. The summed E-state index contributed by atoms with van der Waals surface area (Å²) in [5, 5.41) is 17.7. The van der Waals surface area contributed by atoms with Crippen LogP contribution in [0.5, 0.6) is 0 Å². The van der Waals surface area contributed by atoms with E-state index >= 15 is 0 Å². The number of carboxylic acid groups (broad SMARTS) is 1. The van der Waals surface area contributed by atoms with Crippen LogP contribution in [0.25, 0.3) is 0 Å². The molecule has 5 heteroatoms. The van der Waals surface area contributed by atoms with Crippen molar-refractivity contribution in [3.05, 3.63) is 0 Å². The smallest absolute Gasteiger partial charge is 0.326 e. The first-order valence-electron chi connectivity index (χ1n) is 2.94. The average molecular weight is 184 g/mol. The van der Waals surface area contributed by atoms with Gasteiger partial charge in [0.05, 0.1) is 5.60 Å². The van der Waals surface area contributed by atoms with Gasteiger partial charge in [-0.05, 0) is 20.8 Å². The zero-order valence-corrected chi connectivity index (χ0v) is 7.60. The van der Waals surface area contributed by atoms with E-state index in [1.165, 1.54) is 20.8 Å². The van der Waals surface area contributed by atoms with E-state index in [0.717, 1.165) is 0 Å². The maximum absolute atomic E-state index is 10.4. The number of nitrogens with two attached hydrogens (primary N) is 1. The molecule has 11 heavy (non-hydrogen) atoms. The number of hydrogen-bond acceptors (Lipinski definition) is 3. The van der Waals surface area contributed by atoms with Crippen molar-refractivity contribution in [2.24, 2.45) is 5.73 Å². The second-order valence-corrected chi connectivity index (χ2v) is 3.07. The molecule has 0 bridgehead atoms. The van der Waals surface area contributed by atoms with Gasteiger partial charge < -0.3 is 15.9 Å². The molecular formula is C6H14ClNO3. The molecule has 0 aliphatic carbocycles. The van der Waals surface area contributed by atoms with Crippen LogP contribution in [-0.2, 0) is 4.79 Å². The standard InChI is InChI=1S/C6H13NO3.ClH/c1-5(2,10)6(3,7)4(8)9;/h10H,7H2,1-3H3,(H,8,9);1H. The lowest BCUT2D eigenvalue weighted by Crippen LogP contribution is -2.60. The molecule has 1 atom stereocenters. The molecule has 0 saturated heterocycles. The molecule has 1 unspecified atom stereocenters. The lowest BCUT2D eigenvalue weighted by molar-refractivity contribution is -0.151. The van der Waals surface area contributed by atoms with E-state index in [-0.39, 0.29) is 12.4 Å². The van der Waals surface area contributed by atoms with Crippen molar-refractivity contribution in [1.29, 1.82) is 0 Å². The van der Waals surface area contributed by atoms with Gasteiger partial charge >= 0.3 is 5.97 Å². The number of aliphatic carboxylic acids is 1. The van der Waals surface area contributed by atoms with Crippen LogP contribution >= 0.6 is 12.4 Å². The topological polar surface area (TPSA) is 83.5 Å². The molecule has 0 aromatic rings. The van der Waals surface area contributed by atoms with Gasteiger partial charge in [0.15, 0.2) is 0 Å². The third-order valence-electron chi connectivity index (χ3n) is 1.72. The minimum atomic E-state index is -1.59. The molecule has 0 fully saturated rings. The van der Waals surface area contributed by atoms with Gasteiger partial charge in [0, 0.05) is 0 Å². The van der Waals surface area contributed by atoms with E-state index in [1.807, 2.05) is 0 Å². The number of aliphatic hydroxyl groups is 1. The fraction of sp³-hybridized carbons (Fsp3) is 0.833. The molecule has 4 N–H and O–H groups in total. The lowest BCUT2D eigenvalue weighted by atomic mass is 9.85. The van der Waals surface area contributed by atoms with Gasteiger partial charge in [0.2, 0.25) is 0 Å². The molecule has 0 saturated carbocycles. The summed E-state index contributed by atoms with van der Waals surface area (Å²) < 4.78 is 0. The van der Waals surface area contributed by atoms with Crippen molar-refractivity contribution >= 4 is 18.4 Å². The highest BCUT2D eigenvalue weighted by molar-refractivity contribution is 5.85. The number of carbonyl (C=O) groups is 1. The highest BCUT2D eigenvalue weighted by Crippen LogP contribution is 2.17. The molecule has 0 aliphatic heterocycles. The number of hydrogen-bond donors (Lipinski definition) is 3. The van der Waals surface area contributed by atoms with Crippen LogP contribution < -0.4 is 5.73 Å². The first-order valence-corrected chi connectivity index (χ1v) is 2.94. The van der Waals surface area contributed by atoms with Gasteiger partial charge in [-0.3, -0.25) is 4.79 Å². The Balaban J connectivity index is 0.